The highest BCUT2D eigenvalue weighted by atomic mass is 32.1. The van der Waals surface area contributed by atoms with E-state index in [0.717, 1.165) is 12.1 Å². The predicted octanol–water partition coefficient (Wildman–Crippen LogP) is 5.03. The summed E-state index contributed by atoms with van der Waals surface area (Å²) < 4.78 is 54.4. The topological polar surface area (TPSA) is 69.7 Å². The largest absolute Gasteiger partial charge is 0.493 e. The zero-order valence-electron chi connectivity index (χ0n) is 16.9. The zero-order chi connectivity index (χ0) is 22.6. The number of carbonyl (C=O) groups is 1. The summed E-state index contributed by atoms with van der Waals surface area (Å²) in [5.74, 6) is 0.575. The molecule has 0 aliphatic rings. The Morgan fingerprint density at radius 3 is 2.32 bits per heavy atom. The summed E-state index contributed by atoms with van der Waals surface area (Å²) in [6, 6.07) is 8.13. The van der Waals surface area contributed by atoms with Crippen LogP contribution in [0.2, 0.25) is 0 Å². The number of methoxy groups -OCH3 is 3. The molecule has 0 saturated heterocycles. The molecule has 3 aromatic rings. The molecule has 10 heteroatoms. The lowest BCUT2D eigenvalue weighted by Crippen LogP contribution is -2.12. The molecule has 0 unspecified atom stereocenters. The Morgan fingerprint density at radius 2 is 1.74 bits per heavy atom. The van der Waals surface area contributed by atoms with Gasteiger partial charge in [-0.1, -0.05) is 18.2 Å². The number of thiazole rings is 1. The van der Waals surface area contributed by atoms with Crippen molar-refractivity contribution in [2.24, 2.45) is 0 Å². The molecule has 0 bridgehead atoms. The number of amides is 1. The molecule has 164 valence electrons. The number of nitrogens with zero attached hydrogens (tertiary/aromatic N) is 1. The number of halogens is 3. The van der Waals surface area contributed by atoms with Gasteiger partial charge in [-0.2, -0.15) is 13.2 Å². The van der Waals surface area contributed by atoms with E-state index in [9.17, 15) is 18.0 Å². The first-order valence-electron chi connectivity index (χ1n) is 8.97. The van der Waals surface area contributed by atoms with Crippen molar-refractivity contribution in [1.29, 1.82) is 0 Å². The standard InChI is InChI=1S/C21H19F3N2O4S/c1-28-16-9-13(10-17(29-2)18(16)30-3)19(27)26-20-25-11-15(31-20)8-12-5-4-6-14(7-12)21(22,23)24/h4-7,9-11H,8H2,1-3H3,(H,25,26,27). The van der Waals surface area contributed by atoms with Crippen molar-refractivity contribution in [2.75, 3.05) is 26.6 Å². The quantitative estimate of drug-likeness (QED) is 0.545. The number of rotatable bonds is 7. The molecule has 3 rings (SSSR count). The second-order valence-corrected chi connectivity index (χ2v) is 7.49. The van der Waals surface area contributed by atoms with E-state index < -0.39 is 17.6 Å². The highest BCUT2D eigenvalue weighted by Gasteiger charge is 2.30. The van der Waals surface area contributed by atoms with Crippen LogP contribution >= 0.6 is 11.3 Å². The molecule has 0 fully saturated rings. The number of carbonyl (C=O) groups excluding carboxylic acids is 1. The molecule has 0 aliphatic carbocycles. The summed E-state index contributed by atoms with van der Waals surface area (Å²) in [6.07, 6.45) is -2.61. The van der Waals surface area contributed by atoms with Crippen LogP contribution in [-0.2, 0) is 12.6 Å². The van der Waals surface area contributed by atoms with E-state index in [-0.39, 0.29) is 12.0 Å². The Bertz CT molecular complexity index is 1060. The number of aromatic nitrogens is 1. The molecule has 0 atom stereocenters. The van der Waals surface area contributed by atoms with Crippen LogP contribution in [0.1, 0.15) is 26.4 Å². The maximum atomic E-state index is 12.9. The van der Waals surface area contributed by atoms with Gasteiger partial charge in [-0.15, -0.1) is 11.3 Å². The molecule has 0 radical (unpaired) electrons. The Labute approximate surface area is 180 Å². The molecule has 1 N–H and O–H groups in total. The normalized spacial score (nSPS) is 11.2. The van der Waals surface area contributed by atoms with Gasteiger partial charge in [-0.3, -0.25) is 10.1 Å². The van der Waals surface area contributed by atoms with E-state index in [0.29, 0.717) is 32.8 Å². The maximum Gasteiger partial charge on any atom is 0.416 e. The third kappa shape index (κ3) is 5.26. The van der Waals surface area contributed by atoms with Crippen molar-refractivity contribution in [2.45, 2.75) is 12.6 Å². The van der Waals surface area contributed by atoms with Crippen LogP contribution in [0.25, 0.3) is 0 Å². The minimum absolute atomic E-state index is 0.266. The van der Waals surface area contributed by atoms with Gasteiger partial charge < -0.3 is 14.2 Å². The number of ether oxygens (including phenoxy) is 3. The van der Waals surface area contributed by atoms with E-state index in [4.69, 9.17) is 14.2 Å². The third-order valence-corrected chi connectivity index (χ3v) is 5.25. The summed E-state index contributed by atoms with van der Waals surface area (Å²) in [6.45, 7) is 0. The van der Waals surface area contributed by atoms with Crippen LogP contribution in [0.15, 0.2) is 42.6 Å². The average Bonchev–Trinajstić information content (AvgIpc) is 3.18. The number of benzene rings is 2. The summed E-state index contributed by atoms with van der Waals surface area (Å²) in [5.41, 5.74) is 0.0653. The summed E-state index contributed by atoms with van der Waals surface area (Å²) in [5, 5.41) is 3.00. The lowest BCUT2D eigenvalue weighted by Gasteiger charge is -2.13. The Balaban J connectivity index is 1.75. The number of anilines is 1. The molecule has 0 saturated carbocycles. The van der Waals surface area contributed by atoms with Gasteiger partial charge in [0.1, 0.15) is 0 Å². The first kappa shape index (κ1) is 22.4. The Kier molecular flexibility index (Phi) is 6.69. The van der Waals surface area contributed by atoms with Crippen LogP contribution in [-0.4, -0.2) is 32.2 Å². The van der Waals surface area contributed by atoms with Gasteiger partial charge in [0.2, 0.25) is 5.75 Å². The van der Waals surface area contributed by atoms with Crippen molar-refractivity contribution in [3.05, 3.63) is 64.2 Å². The monoisotopic (exact) mass is 452 g/mol. The van der Waals surface area contributed by atoms with E-state index >= 15 is 0 Å². The van der Waals surface area contributed by atoms with Gasteiger partial charge in [-0.25, -0.2) is 4.98 Å². The van der Waals surface area contributed by atoms with Crippen LogP contribution in [0.3, 0.4) is 0 Å². The molecule has 0 aliphatic heterocycles. The highest BCUT2D eigenvalue weighted by molar-refractivity contribution is 7.15. The van der Waals surface area contributed by atoms with Crippen molar-refractivity contribution in [3.8, 4) is 17.2 Å². The lowest BCUT2D eigenvalue weighted by molar-refractivity contribution is -0.137. The van der Waals surface area contributed by atoms with Gasteiger partial charge in [0, 0.05) is 23.1 Å². The molecule has 6 nitrogen and oxygen atoms in total. The molecule has 1 heterocycles. The first-order valence-corrected chi connectivity index (χ1v) is 9.79. The Hall–Kier alpha value is -3.27. The number of hydrogen-bond donors (Lipinski definition) is 1. The smallest absolute Gasteiger partial charge is 0.416 e. The van der Waals surface area contributed by atoms with Gasteiger partial charge in [0.05, 0.1) is 26.9 Å². The second kappa shape index (κ2) is 9.25. The lowest BCUT2D eigenvalue weighted by atomic mass is 10.1. The molecule has 2 aromatic carbocycles. The fourth-order valence-corrected chi connectivity index (χ4v) is 3.73. The summed E-state index contributed by atoms with van der Waals surface area (Å²) >= 11 is 1.18. The molecule has 1 aromatic heterocycles. The average molecular weight is 452 g/mol. The fourth-order valence-electron chi connectivity index (χ4n) is 2.89. The van der Waals surface area contributed by atoms with Gasteiger partial charge >= 0.3 is 6.18 Å². The molecule has 1 amide bonds. The van der Waals surface area contributed by atoms with Crippen molar-refractivity contribution < 1.29 is 32.2 Å². The number of alkyl halides is 3. The maximum absolute atomic E-state index is 12.9. The SMILES string of the molecule is COc1cc(C(=O)Nc2ncc(Cc3cccc(C(F)(F)F)c3)s2)cc(OC)c1OC. The van der Waals surface area contributed by atoms with E-state index in [2.05, 4.69) is 10.3 Å². The minimum atomic E-state index is -4.40. The van der Waals surface area contributed by atoms with Crippen LogP contribution in [0.5, 0.6) is 17.2 Å². The zero-order valence-corrected chi connectivity index (χ0v) is 17.7. The fraction of sp³-hybridized carbons (Fsp3) is 0.238. The predicted molar refractivity (Wildman–Crippen MR) is 110 cm³/mol. The van der Waals surface area contributed by atoms with Gasteiger partial charge in [0.15, 0.2) is 16.6 Å². The third-order valence-electron chi connectivity index (χ3n) is 4.33. The van der Waals surface area contributed by atoms with Crippen molar-refractivity contribution in [1.82, 2.24) is 4.98 Å². The molecular weight excluding hydrogens is 433 g/mol. The number of hydrogen-bond acceptors (Lipinski definition) is 6. The van der Waals surface area contributed by atoms with Crippen LogP contribution in [0, 0.1) is 0 Å². The summed E-state index contributed by atoms with van der Waals surface area (Å²) in [7, 11) is 4.35. The van der Waals surface area contributed by atoms with Crippen molar-refractivity contribution >= 4 is 22.4 Å². The van der Waals surface area contributed by atoms with Gasteiger partial charge in [-0.05, 0) is 23.8 Å². The highest BCUT2D eigenvalue weighted by Crippen LogP contribution is 2.38. The van der Waals surface area contributed by atoms with Crippen LogP contribution < -0.4 is 19.5 Å². The van der Waals surface area contributed by atoms with Crippen molar-refractivity contribution in [3.63, 3.8) is 0 Å². The first-order chi connectivity index (χ1) is 14.7. The Morgan fingerprint density at radius 1 is 1.06 bits per heavy atom. The minimum Gasteiger partial charge on any atom is -0.493 e. The van der Waals surface area contributed by atoms with Crippen LogP contribution in [0.4, 0.5) is 18.3 Å². The van der Waals surface area contributed by atoms with Gasteiger partial charge in [0.25, 0.3) is 5.91 Å². The second-order valence-electron chi connectivity index (χ2n) is 6.37. The summed E-state index contributed by atoms with van der Waals surface area (Å²) in [4.78, 5) is 17.5. The molecule has 31 heavy (non-hydrogen) atoms. The number of nitrogens with one attached hydrogen (secondary N) is 1. The van der Waals surface area contributed by atoms with E-state index in [1.54, 1.807) is 6.07 Å². The van der Waals surface area contributed by atoms with E-state index in [1.807, 2.05) is 0 Å². The molecular formula is C21H19F3N2O4S. The molecule has 0 spiro atoms. The van der Waals surface area contributed by atoms with E-state index in [1.165, 1.54) is 57.1 Å².